The Balaban J connectivity index is 1.48. The number of hydrogen-bond acceptors (Lipinski definition) is 24. The van der Waals surface area contributed by atoms with E-state index in [1.165, 1.54) is 42.5 Å². The van der Waals surface area contributed by atoms with Gasteiger partial charge in [0.2, 0.25) is 0 Å². The lowest BCUT2D eigenvalue weighted by Gasteiger charge is -2.16. The third kappa shape index (κ3) is 10.6. The van der Waals surface area contributed by atoms with Crippen LogP contribution in [0.1, 0.15) is 0 Å². The van der Waals surface area contributed by atoms with Gasteiger partial charge in [0, 0.05) is 5.39 Å². The molecule has 0 radical (unpaired) electrons. The molecule has 0 amide bonds. The highest BCUT2D eigenvalue weighted by Crippen LogP contribution is 2.43. The van der Waals surface area contributed by atoms with Crippen LogP contribution in [-0.2, 0) is 39.9 Å². The van der Waals surface area contributed by atoms with Crippen molar-refractivity contribution in [1.82, 2.24) is 0 Å². The molecule has 5 aromatic rings. The van der Waals surface area contributed by atoms with Crippen LogP contribution in [-0.4, -0.2) is 69.0 Å². The first kappa shape index (κ1) is 43.0. The van der Waals surface area contributed by atoms with Crippen LogP contribution < -0.4 is 32.3 Å². The van der Waals surface area contributed by atoms with Crippen LogP contribution in [0, 0.1) is 0 Å². The number of phenols is 1. The van der Waals surface area contributed by atoms with E-state index in [1.54, 1.807) is 0 Å². The number of benzene rings is 5. The number of aromatic hydroxyl groups is 1. The number of nitrogens with one attached hydrogen (secondary N) is 2. The third-order valence-corrected chi connectivity index (χ3v) is 10.2. The molecule has 0 unspecified atom stereocenters. The standard InChI is InChI=1S/C32H28N10O14S3/c33-20-9-24(35-13-29(43)44)26(57(48,49)50)11-22(20)40-37-16-2-1-3-17(7-16)39-42-31-28(59(54,55)56)6-15-4-5-18(8-19(15)32(31)47)38-41-23-12-27(58(51,52)53)25(10-21(23)34)36-14-30(45)46/h1-12,35-36,47H,13-14,33-34H2,(H,43,44)(H,45,46)(H,48,49,50)(H,51,52,53)(H,54,55,56)/p-5. The molecule has 0 saturated carbocycles. The van der Waals surface area contributed by atoms with Gasteiger partial charge in [-0.1, -0.05) is 12.1 Å². The molecule has 27 heteroatoms. The van der Waals surface area contributed by atoms with Gasteiger partial charge in [-0.2, -0.15) is 15.3 Å². The van der Waals surface area contributed by atoms with Crippen molar-refractivity contribution < 1.29 is 63.8 Å². The van der Waals surface area contributed by atoms with Gasteiger partial charge >= 0.3 is 0 Å². The number of carbonyl (C=O) groups excluding carboxylic acids is 2. The zero-order chi connectivity index (χ0) is 43.4. The Morgan fingerprint density at radius 3 is 1.46 bits per heavy atom. The number of nitrogen functional groups attached to an aromatic ring is 2. The van der Waals surface area contributed by atoms with Gasteiger partial charge in [-0.3, -0.25) is 0 Å². The van der Waals surface area contributed by atoms with Gasteiger partial charge in [-0.25, -0.2) is 25.3 Å². The van der Waals surface area contributed by atoms with E-state index < -0.39 is 92.9 Å². The normalized spacial score (nSPS) is 12.5. The van der Waals surface area contributed by atoms with Gasteiger partial charge in [0.1, 0.15) is 47.4 Å². The number of rotatable bonds is 15. The summed E-state index contributed by atoms with van der Waals surface area (Å²) in [4.78, 5) is 18.9. The summed E-state index contributed by atoms with van der Waals surface area (Å²) in [5.74, 6) is -4.07. The van der Waals surface area contributed by atoms with Gasteiger partial charge in [0.05, 0.1) is 79.5 Å². The topological polar surface area (TPSA) is 422 Å². The number of nitrogens with zero attached hydrogens (tertiary/aromatic N) is 6. The van der Waals surface area contributed by atoms with E-state index in [4.69, 9.17) is 11.5 Å². The maximum atomic E-state index is 12.2. The minimum absolute atomic E-state index is 0.00903. The van der Waals surface area contributed by atoms with Gasteiger partial charge in [0.15, 0.2) is 5.75 Å². The van der Waals surface area contributed by atoms with Crippen molar-refractivity contribution in [2.75, 3.05) is 35.2 Å². The van der Waals surface area contributed by atoms with Crippen molar-refractivity contribution in [3.05, 3.63) is 72.8 Å². The first-order valence-corrected chi connectivity index (χ1v) is 20.0. The Hall–Kier alpha value is -7.17. The number of carbonyl (C=O) groups is 2. The summed E-state index contributed by atoms with van der Waals surface area (Å²) >= 11 is 0. The van der Waals surface area contributed by atoms with E-state index in [0.717, 1.165) is 30.3 Å². The molecule has 0 aliphatic carbocycles. The smallest absolute Gasteiger partial charge is 0.152 e. The highest BCUT2D eigenvalue weighted by Gasteiger charge is 2.19. The lowest BCUT2D eigenvalue weighted by molar-refractivity contribution is -0.304. The SMILES string of the molecule is Nc1cc(NCC(=O)[O-])c(S(=O)(=O)[O-])cc1N=Nc1cccc(N=Nc2c(S(=O)(=O)[O-])cc3ccc(N=Nc4cc(S(=O)(=O)[O-])c(NCC(=O)[O-])cc4N)cc3c2O)c1. The Kier molecular flexibility index (Phi) is 12.2. The molecule has 5 aromatic carbocycles. The lowest BCUT2D eigenvalue weighted by atomic mass is 10.1. The van der Waals surface area contributed by atoms with Gasteiger partial charge in [-0.05, 0) is 66.0 Å². The molecule has 59 heavy (non-hydrogen) atoms. The number of aliphatic carboxylic acids is 2. The third-order valence-electron chi connectivity index (χ3n) is 7.59. The van der Waals surface area contributed by atoms with E-state index in [9.17, 15) is 63.8 Å². The molecule has 0 bridgehead atoms. The predicted molar refractivity (Wildman–Crippen MR) is 197 cm³/mol. The van der Waals surface area contributed by atoms with E-state index >= 15 is 0 Å². The van der Waals surface area contributed by atoms with Gasteiger partial charge < -0.3 is 60.7 Å². The zero-order valence-electron chi connectivity index (χ0n) is 29.2. The number of fused-ring (bicyclic) bond motifs is 1. The number of carboxylic acid groups (broad SMARTS) is 2. The molecule has 0 heterocycles. The molecule has 0 spiro atoms. The molecule has 0 saturated heterocycles. The molecule has 0 fully saturated rings. The minimum atomic E-state index is -5.30. The largest absolute Gasteiger partial charge is 0.744 e. The molecule has 0 atom stereocenters. The van der Waals surface area contributed by atoms with Crippen molar-refractivity contribution in [2.45, 2.75) is 14.7 Å². The number of carboxylic acids is 2. The van der Waals surface area contributed by atoms with Crippen LogP contribution in [0.2, 0.25) is 0 Å². The number of nitrogens with two attached hydrogens (primary N) is 2. The molecular weight excluding hydrogens is 845 g/mol. The highest BCUT2D eigenvalue weighted by molar-refractivity contribution is 7.86. The summed E-state index contributed by atoms with van der Waals surface area (Å²) in [6.07, 6.45) is 0. The summed E-state index contributed by atoms with van der Waals surface area (Å²) in [6.45, 7) is -1.70. The second-order valence-corrected chi connectivity index (χ2v) is 15.8. The Morgan fingerprint density at radius 1 is 0.576 bits per heavy atom. The number of hydrogen-bond donors (Lipinski definition) is 5. The summed E-state index contributed by atoms with van der Waals surface area (Å²) in [7, 11) is -15.6. The number of phenolic OH excluding ortho intramolecular Hbond substituents is 1. The molecule has 7 N–H and O–H groups in total. The summed E-state index contributed by atoms with van der Waals surface area (Å²) in [5, 5.41) is 60.3. The first-order valence-electron chi connectivity index (χ1n) is 15.8. The Labute approximate surface area is 331 Å². The fourth-order valence-corrected chi connectivity index (χ4v) is 6.95. The van der Waals surface area contributed by atoms with Gasteiger partial charge in [0.25, 0.3) is 0 Å². The quantitative estimate of drug-likeness (QED) is 0.0570. The second kappa shape index (κ2) is 16.7. The average molecular weight is 868 g/mol. The zero-order valence-corrected chi connectivity index (χ0v) is 31.6. The molecule has 24 nitrogen and oxygen atoms in total. The summed E-state index contributed by atoms with van der Waals surface area (Å²) in [5.41, 5.74) is 8.97. The predicted octanol–water partition coefficient (Wildman–Crippen LogP) is 1.99. The Bertz CT molecular complexity index is 2980. The van der Waals surface area contributed by atoms with E-state index in [0.29, 0.717) is 0 Å². The monoisotopic (exact) mass is 867 g/mol. The number of azo groups is 3. The van der Waals surface area contributed by atoms with Crippen LogP contribution in [0.25, 0.3) is 10.8 Å². The lowest BCUT2D eigenvalue weighted by Crippen LogP contribution is -2.30. The van der Waals surface area contributed by atoms with Crippen molar-refractivity contribution in [3.63, 3.8) is 0 Å². The van der Waals surface area contributed by atoms with E-state index in [1.807, 2.05) is 0 Å². The van der Waals surface area contributed by atoms with Crippen molar-refractivity contribution in [3.8, 4) is 5.75 Å². The molecule has 308 valence electrons. The van der Waals surface area contributed by atoms with Crippen LogP contribution in [0.5, 0.6) is 5.75 Å². The molecular formula is C32H23N10O14S3-5. The highest BCUT2D eigenvalue weighted by atomic mass is 32.2. The molecule has 5 rings (SSSR count). The second-order valence-electron chi connectivity index (χ2n) is 11.7. The number of anilines is 4. The van der Waals surface area contributed by atoms with Crippen molar-refractivity contribution in [2.24, 2.45) is 30.7 Å². The van der Waals surface area contributed by atoms with Crippen molar-refractivity contribution in [1.29, 1.82) is 0 Å². The maximum Gasteiger partial charge on any atom is 0.152 e. The fourth-order valence-electron chi connectivity index (χ4n) is 5.00. The van der Waals surface area contributed by atoms with Crippen LogP contribution in [0.4, 0.5) is 56.9 Å². The fraction of sp³-hybridized carbons (Fsp3) is 0.0625. The summed E-state index contributed by atoms with van der Waals surface area (Å²) in [6, 6.07) is 13.3. The van der Waals surface area contributed by atoms with E-state index in [2.05, 4.69) is 41.3 Å². The Morgan fingerprint density at radius 2 is 1.02 bits per heavy atom. The van der Waals surface area contributed by atoms with Gasteiger partial charge in [-0.15, -0.1) is 15.3 Å². The van der Waals surface area contributed by atoms with Crippen LogP contribution in [0.15, 0.2) is 118 Å². The first-order chi connectivity index (χ1) is 27.5. The molecule has 0 aromatic heterocycles. The summed E-state index contributed by atoms with van der Waals surface area (Å²) < 4.78 is 108. The molecule has 0 aliphatic rings. The average Bonchev–Trinajstić information content (AvgIpc) is 3.13. The minimum Gasteiger partial charge on any atom is -0.744 e. The van der Waals surface area contributed by atoms with Crippen LogP contribution in [0.3, 0.4) is 0 Å². The van der Waals surface area contributed by atoms with E-state index in [-0.39, 0.29) is 50.6 Å². The maximum absolute atomic E-state index is 12.2. The molecule has 0 aliphatic heterocycles. The van der Waals surface area contributed by atoms with Crippen LogP contribution >= 0.6 is 0 Å². The van der Waals surface area contributed by atoms with Crippen molar-refractivity contribution >= 4 is 110 Å².